The van der Waals surface area contributed by atoms with Crippen molar-refractivity contribution in [1.29, 1.82) is 0 Å². The zero-order chi connectivity index (χ0) is 22.7. The van der Waals surface area contributed by atoms with Gasteiger partial charge < -0.3 is 9.84 Å². The van der Waals surface area contributed by atoms with Crippen molar-refractivity contribution in [2.45, 2.75) is 66.2 Å². The molecule has 0 fully saturated rings. The maximum absolute atomic E-state index is 12.1. The van der Waals surface area contributed by atoms with Gasteiger partial charge in [-0.25, -0.2) is 5.43 Å². The molecule has 0 radical (unpaired) electrons. The summed E-state index contributed by atoms with van der Waals surface area (Å²) in [6.07, 6.45) is 1.60. The third-order valence-corrected chi connectivity index (χ3v) is 4.91. The standard InChI is InChI=1S/C25H34N2O3/c1-16-10-9-11-17(2)23(16)30-15-21(28)27-26-14-18-12-19(24(3,4)5)22(29)20(13-18)25(6,7)8/h9-14,29H,15H2,1-8H3,(H,27,28)/b26-14-. The van der Waals surface area contributed by atoms with Crippen LogP contribution in [-0.4, -0.2) is 23.8 Å². The van der Waals surface area contributed by atoms with Crippen LogP contribution >= 0.6 is 0 Å². The second-order valence-electron chi connectivity index (χ2n) is 9.77. The topological polar surface area (TPSA) is 70.9 Å². The number of hydrazone groups is 1. The van der Waals surface area contributed by atoms with Crippen LogP contribution in [-0.2, 0) is 15.6 Å². The van der Waals surface area contributed by atoms with E-state index in [1.807, 2.05) is 44.2 Å². The second kappa shape index (κ2) is 8.90. The van der Waals surface area contributed by atoms with Gasteiger partial charge in [-0.05, 0) is 53.5 Å². The number of amides is 1. The van der Waals surface area contributed by atoms with Crippen molar-refractivity contribution in [3.63, 3.8) is 0 Å². The summed E-state index contributed by atoms with van der Waals surface area (Å²) in [6.45, 7) is 16.1. The van der Waals surface area contributed by atoms with Crippen LogP contribution in [0.15, 0.2) is 35.4 Å². The number of rotatable bonds is 5. The third kappa shape index (κ3) is 5.85. The first-order valence-corrected chi connectivity index (χ1v) is 10.2. The molecule has 2 aromatic carbocycles. The predicted molar refractivity (Wildman–Crippen MR) is 123 cm³/mol. The molecular weight excluding hydrogens is 376 g/mol. The van der Waals surface area contributed by atoms with E-state index in [9.17, 15) is 9.90 Å². The van der Waals surface area contributed by atoms with Crippen LogP contribution in [0.1, 0.15) is 69.4 Å². The van der Waals surface area contributed by atoms with E-state index >= 15 is 0 Å². The minimum Gasteiger partial charge on any atom is -0.507 e. The summed E-state index contributed by atoms with van der Waals surface area (Å²) in [6, 6.07) is 9.67. The van der Waals surface area contributed by atoms with Gasteiger partial charge in [-0.1, -0.05) is 59.7 Å². The Kier molecular flexibility index (Phi) is 6.96. The minimum absolute atomic E-state index is 0.112. The largest absolute Gasteiger partial charge is 0.507 e. The van der Waals surface area contributed by atoms with Gasteiger partial charge in [0, 0.05) is 11.1 Å². The number of benzene rings is 2. The first kappa shape index (κ1) is 23.5. The number of carbonyl (C=O) groups excluding carboxylic acids is 1. The number of nitrogens with zero attached hydrogens (tertiary/aromatic N) is 1. The fourth-order valence-corrected chi connectivity index (χ4v) is 3.25. The number of nitrogens with one attached hydrogen (secondary N) is 1. The summed E-state index contributed by atoms with van der Waals surface area (Å²) in [7, 11) is 0. The van der Waals surface area contributed by atoms with Gasteiger partial charge in [0.05, 0.1) is 6.21 Å². The SMILES string of the molecule is Cc1cccc(C)c1OCC(=O)N/N=C\c1cc(C(C)(C)C)c(O)c(C(C)(C)C)c1. The maximum Gasteiger partial charge on any atom is 0.277 e. The van der Waals surface area contributed by atoms with Gasteiger partial charge >= 0.3 is 0 Å². The Morgan fingerprint density at radius 1 is 1.03 bits per heavy atom. The lowest BCUT2D eigenvalue weighted by atomic mass is 9.78. The highest BCUT2D eigenvalue weighted by Gasteiger charge is 2.26. The lowest BCUT2D eigenvalue weighted by Crippen LogP contribution is -2.25. The molecule has 0 unspecified atom stereocenters. The summed E-state index contributed by atoms with van der Waals surface area (Å²) in [5, 5.41) is 14.9. The average Bonchev–Trinajstić information content (AvgIpc) is 2.60. The number of aryl methyl sites for hydroxylation is 2. The normalized spacial score (nSPS) is 12.3. The number of carbonyl (C=O) groups is 1. The van der Waals surface area contributed by atoms with Crippen molar-refractivity contribution in [1.82, 2.24) is 5.43 Å². The molecule has 162 valence electrons. The Balaban J connectivity index is 2.14. The molecule has 0 aromatic heterocycles. The molecule has 0 bridgehead atoms. The van der Waals surface area contributed by atoms with Crippen molar-refractivity contribution < 1.29 is 14.6 Å². The van der Waals surface area contributed by atoms with E-state index in [4.69, 9.17) is 4.74 Å². The van der Waals surface area contributed by atoms with Crippen LogP contribution in [0.5, 0.6) is 11.5 Å². The summed E-state index contributed by atoms with van der Waals surface area (Å²) in [5.41, 5.74) is 6.55. The molecule has 0 heterocycles. The molecule has 0 aliphatic heterocycles. The van der Waals surface area contributed by atoms with E-state index in [0.29, 0.717) is 5.75 Å². The molecule has 2 rings (SSSR count). The van der Waals surface area contributed by atoms with Crippen LogP contribution in [0.3, 0.4) is 0 Å². The van der Waals surface area contributed by atoms with E-state index < -0.39 is 0 Å². The minimum atomic E-state index is -0.334. The molecule has 5 nitrogen and oxygen atoms in total. The zero-order valence-corrected chi connectivity index (χ0v) is 19.4. The molecule has 0 saturated carbocycles. The molecule has 2 N–H and O–H groups in total. The van der Waals surface area contributed by atoms with Gasteiger partial charge in [-0.2, -0.15) is 5.10 Å². The number of para-hydroxylation sites is 1. The molecule has 30 heavy (non-hydrogen) atoms. The van der Waals surface area contributed by atoms with Crippen molar-refractivity contribution in [2.24, 2.45) is 5.10 Å². The average molecular weight is 411 g/mol. The Morgan fingerprint density at radius 2 is 1.53 bits per heavy atom. The van der Waals surface area contributed by atoms with Gasteiger partial charge in [0.15, 0.2) is 6.61 Å². The van der Waals surface area contributed by atoms with Crippen LogP contribution in [0.4, 0.5) is 0 Å². The molecule has 1 amide bonds. The van der Waals surface area contributed by atoms with Crippen molar-refractivity contribution >= 4 is 12.1 Å². The van der Waals surface area contributed by atoms with E-state index in [1.165, 1.54) is 0 Å². The molecule has 0 aliphatic rings. The summed E-state index contributed by atoms with van der Waals surface area (Å²) in [4.78, 5) is 12.1. The fourth-order valence-electron chi connectivity index (χ4n) is 3.25. The monoisotopic (exact) mass is 410 g/mol. The van der Waals surface area contributed by atoms with Crippen LogP contribution in [0.2, 0.25) is 0 Å². The maximum atomic E-state index is 12.1. The van der Waals surface area contributed by atoms with E-state index in [-0.39, 0.29) is 23.3 Å². The summed E-state index contributed by atoms with van der Waals surface area (Å²) >= 11 is 0. The highest BCUT2D eigenvalue weighted by atomic mass is 16.5. The Morgan fingerprint density at radius 3 is 2.00 bits per heavy atom. The van der Waals surface area contributed by atoms with E-state index in [1.54, 1.807) is 6.21 Å². The zero-order valence-electron chi connectivity index (χ0n) is 19.4. The third-order valence-electron chi connectivity index (χ3n) is 4.91. The highest BCUT2D eigenvalue weighted by Crippen LogP contribution is 2.39. The fraction of sp³-hybridized carbons (Fsp3) is 0.440. The van der Waals surface area contributed by atoms with Crippen molar-refractivity contribution in [3.05, 3.63) is 58.1 Å². The first-order chi connectivity index (χ1) is 13.8. The number of phenolic OH excluding ortho intramolecular Hbond substituents is 1. The molecule has 0 spiro atoms. The summed E-state index contributed by atoms with van der Waals surface area (Å²) in [5.74, 6) is 0.706. The smallest absolute Gasteiger partial charge is 0.277 e. The van der Waals surface area contributed by atoms with Crippen LogP contribution in [0, 0.1) is 13.8 Å². The summed E-state index contributed by atoms with van der Waals surface area (Å²) < 4.78 is 5.66. The molecule has 0 atom stereocenters. The predicted octanol–water partition coefficient (Wildman–Crippen LogP) is 5.13. The molecule has 0 aliphatic carbocycles. The first-order valence-electron chi connectivity index (χ1n) is 10.2. The highest BCUT2D eigenvalue weighted by molar-refractivity contribution is 5.84. The Hall–Kier alpha value is -2.82. The quantitative estimate of drug-likeness (QED) is 0.530. The van der Waals surface area contributed by atoms with Gasteiger partial charge in [0.25, 0.3) is 5.91 Å². The Labute approximate surface area is 180 Å². The van der Waals surface area contributed by atoms with Gasteiger partial charge in [0.1, 0.15) is 11.5 Å². The number of aromatic hydroxyl groups is 1. The van der Waals surface area contributed by atoms with Crippen molar-refractivity contribution in [2.75, 3.05) is 6.61 Å². The molecule has 5 heteroatoms. The van der Waals surface area contributed by atoms with Gasteiger partial charge in [-0.15, -0.1) is 0 Å². The number of ether oxygens (including phenoxy) is 1. The van der Waals surface area contributed by atoms with Gasteiger partial charge in [0.2, 0.25) is 0 Å². The molecule has 2 aromatic rings. The second-order valence-corrected chi connectivity index (χ2v) is 9.77. The van der Waals surface area contributed by atoms with Crippen molar-refractivity contribution in [3.8, 4) is 11.5 Å². The molecular formula is C25H34N2O3. The number of hydrogen-bond donors (Lipinski definition) is 2. The van der Waals surface area contributed by atoms with Gasteiger partial charge in [-0.3, -0.25) is 4.79 Å². The number of phenols is 1. The lowest BCUT2D eigenvalue weighted by Gasteiger charge is -2.27. The Bertz CT molecular complexity index is 893. The molecule has 0 saturated heterocycles. The van der Waals surface area contributed by atoms with Crippen LogP contribution < -0.4 is 10.2 Å². The van der Waals surface area contributed by atoms with E-state index in [2.05, 4.69) is 52.1 Å². The van der Waals surface area contributed by atoms with Crippen LogP contribution in [0.25, 0.3) is 0 Å². The number of hydrogen-bond acceptors (Lipinski definition) is 4. The lowest BCUT2D eigenvalue weighted by molar-refractivity contribution is -0.123. The van der Waals surface area contributed by atoms with E-state index in [0.717, 1.165) is 33.6 Å².